The van der Waals surface area contributed by atoms with Crippen LogP contribution in [0, 0.1) is 5.92 Å². The SMILES string of the molecule is COC(=O)[C](C(=O)C(F)F)C(OC)OC.[NaH]. The van der Waals surface area contributed by atoms with E-state index in [-0.39, 0.29) is 29.6 Å². The topological polar surface area (TPSA) is 61.8 Å². The fraction of sp³-hybridized carbons (Fsp3) is 0.625. The molecule has 0 aromatic rings. The van der Waals surface area contributed by atoms with Crippen LogP contribution in [-0.2, 0) is 23.8 Å². The van der Waals surface area contributed by atoms with Crippen molar-refractivity contribution >= 4 is 41.3 Å². The molecule has 0 aliphatic rings. The summed E-state index contributed by atoms with van der Waals surface area (Å²) in [6.07, 6.45) is -4.77. The minimum absolute atomic E-state index is 0. The first-order valence-electron chi connectivity index (χ1n) is 3.82. The second-order valence-corrected chi connectivity index (χ2v) is 2.37. The van der Waals surface area contributed by atoms with Crippen LogP contribution in [0.3, 0.4) is 0 Å². The third kappa shape index (κ3) is 4.84. The van der Waals surface area contributed by atoms with Gasteiger partial charge in [0, 0.05) is 14.2 Å². The number of Topliss-reactive ketones (excluding diaryl/α,β-unsaturated/α-hetero) is 1. The van der Waals surface area contributed by atoms with E-state index in [2.05, 4.69) is 14.2 Å². The monoisotopic (exact) mass is 249 g/mol. The van der Waals surface area contributed by atoms with E-state index in [9.17, 15) is 18.4 Å². The number of hydrogen-bond donors (Lipinski definition) is 0. The molecule has 0 saturated carbocycles. The standard InChI is InChI=1S/C8H11F2O5.Na.H/c1-13-7(12)4(5(11)6(9)10)8(14-2)15-3;;/h6,8H,1-3H3;;. The summed E-state index contributed by atoms with van der Waals surface area (Å²) >= 11 is 0. The van der Waals surface area contributed by atoms with Crippen LogP contribution >= 0.6 is 0 Å². The Labute approximate surface area is 114 Å². The second kappa shape index (κ2) is 9.00. The van der Waals surface area contributed by atoms with Crippen LogP contribution in [0.15, 0.2) is 0 Å². The van der Waals surface area contributed by atoms with E-state index >= 15 is 0 Å². The molecule has 16 heavy (non-hydrogen) atoms. The van der Waals surface area contributed by atoms with E-state index in [1.807, 2.05) is 0 Å². The van der Waals surface area contributed by atoms with Crippen molar-refractivity contribution < 1.29 is 32.6 Å². The van der Waals surface area contributed by atoms with E-state index in [4.69, 9.17) is 0 Å². The first-order valence-corrected chi connectivity index (χ1v) is 3.82. The zero-order valence-corrected chi connectivity index (χ0v) is 8.45. The summed E-state index contributed by atoms with van der Waals surface area (Å²) in [7, 11) is 3.18. The first-order chi connectivity index (χ1) is 6.99. The summed E-state index contributed by atoms with van der Waals surface area (Å²) in [4.78, 5) is 22.0. The summed E-state index contributed by atoms with van der Waals surface area (Å²) in [5.41, 5.74) is 0. The molecule has 0 amide bonds. The van der Waals surface area contributed by atoms with Gasteiger partial charge in [0.25, 0.3) is 6.43 Å². The van der Waals surface area contributed by atoms with Gasteiger partial charge in [-0.25, -0.2) is 8.78 Å². The Morgan fingerprint density at radius 3 is 1.75 bits per heavy atom. The average Bonchev–Trinajstić information content (AvgIpc) is 2.23. The summed E-state index contributed by atoms with van der Waals surface area (Å²) in [6.45, 7) is 0. The number of ether oxygens (including phenoxy) is 3. The van der Waals surface area contributed by atoms with E-state index < -0.39 is 30.4 Å². The van der Waals surface area contributed by atoms with Gasteiger partial charge in [-0.2, -0.15) is 0 Å². The maximum atomic E-state index is 12.1. The molecule has 8 heteroatoms. The van der Waals surface area contributed by atoms with Crippen molar-refractivity contribution in [2.75, 3.05) is 21.3 Å². The Bertz CT molecular complexity index is 232. The van der Waals surface area contributed by atoms with Crippen LogP contribution in [0.4, 0.5) is 8.78 Å². The molecule has 0 N–H and O–H groups in total. The third-order valence-electron chi connectivity index (χ3n) is 1.53. The predicted octanol–water partition coefficient (Wildman–Crippen LogP) is -0.462. The van der Waals surface area contributed by atoms with Crippen molar-refractivity contribution in [3.05, 3.63) is 5.92 Å². The number of carbonyl (C=O) groups is 2. The maximum absolute atomic E-state index is 12.1. The van der Waals surface area contributed by atoms with Crippen LogP contribution in [0.5, 0.6) is 0 Å². The first kappa shape index (κ1) is 18.3. The molecule has 0 saturated heterocycles. The number of esters is 1. The van der Waals surface area contributed by atoms with E-state index in [1.54, 1.807) is 0 Å². The fourth-order valence-corrected chi connectivity index (χ4v) is 0.872. The van der Waals surface area contributed by atoms with E-state index in [0.29, 0.717) is 0 Å². The van der Waals surface area contributed by atoms with Crippen molar-refractivity contribution in [2.24, 2.45) is 0 Å². The molecule has 0 fully saturated rings. The van der Waals surface area contributed by atoms with Crippen LogP contribution in [0.25, 0.3) is 0 Å². The Hall–Kier alpha value is -0.0800. The zero-order chi connectivity index (χ0) is 12.0. The molecule has 0 aromatic carbocycles. The van der Waals surface area contributed by atoms with Crippen molar-refractivity contribution in [2.45, 2.75) is 12.7 Å². The number of methoxy groups -OCH3 is 3. The van der Waals surface area contributed by atoms with Crippen LogP contribution in [0.2, 0.25) is 0 Å². The number of carbonyl (C=O) groups excluding carboxylic acids is 2. The van der Waals surface area contributed by atoms with Gasteiger partial charge in [0.05, 0.1) is 7.11 Å². The minimum atomic E-state index is -3.31. The fourth-order valence-electron chi connectivity index (χ4n) is 0.872. The third-order valence-corrected chi connectivity index (χ3v) is 1.53. The van der Waals surface area contributed by atoms with Crippen LogP contribution < -0.4 is 0 Å². The van der Waals surface area contributed by atoms with Gasteiger partial charge in [0.1, 0.15) is 0 Å². The number of halogens is 2. The number of rotatable bonds is 6. The Morgan fingerprint density at radius 1 is 1.06 bits per heavy atom. The van der Waals surface area contributed by atoms with Crippen molar-refractivity contribution in [3.63, 3.8) is 0 Å². The van der Waals surface area contributed by atoms with Gasteiger partial charge in [0.15, 0.2) is 6.29 Å². The molecule has 0 unspecified atom stereocenters. The molecule has 0 atom stereocenters. The molecule has 0 spiro atoms. The molecule has 0 aliphatic heterocycles. The molecular weight excluding hydrogens is 237 g/mol. The van der Waals surface area contributed by atoms with E-state index in [0.717, 1.165) is 21.3 Å². The predicted molar refractivity (Wildman–Crippen MR) is 51.2 cm³/mol. The Kier molecular flexibility index (Phi) is 10.3. The average molecular weight is 249 g/mol. The Morgan fingerprint density at radius 2 is 1.50 bits per heavy atom. The van der Waals surface area contributed by atoms with Gasteiger partial charge >= 0.3 is 35.5 Å². The molecule has 89 valence electrons. The van der Waals surface area contributed by atoms with Crippen molar-refractivity contribution in [1.82, 2.24) is 0 Å². The quantitative estimate of drug-likeness (QED) is 0.276. The number of alkyl halides is 2. The molecule has 0 heterocycles. The molecule has 0 aromatic heterocycles. The number of ketones is 1. The number of hydrogen-bond acceptors (Lipinski definition) is 5. The summed E-state index contributed by atoms with van der Waals surface area (Å²) in [6, 6.07) is 0. The molecule has 5 nitrogen and oxygen atoms in total. The van der Waals surface area contributed by atoms with Gasteiger partial charge in [-0.05, 0) is 0 Å². The van der Waals surface area contributed by atoms with Crippen molar-refractivity contribution in [1.29, 1.82) is 0 Å². The molecule has 0 bridgehead atoms. The summed E-state index contributed by atoms with van der Waals surface area (Å²) in [5, 5.41) is 0. The summed E-state index contributed by atoms with van der Waals surface area (Å²) in [5.74, 6) is -3.73. The molecule has 1 radical (unpaired) electrons. The van der Waals surface area contributed by atoms with Gasteiger partial charge in [-0.15, -0.1) is 0 Å². The Balaban J connectivity index is 0. The summed E-state index contributed by atoms with van der Waals surface area (Å²) < 4.78 is 37.5. The molecule has 0 rings (SSSR count). The molecule has 0 aliphatic carbocycles. The molecular formula is C8H12F2NaO5. The van der Waals surface area contributed by atoms with Gasteiger partial charge in [0.2, 0.25) is 11.7 Å². The van der Waals surface area contributed by atoms with Crippen LogP contribution in [-0.4, -0.2) is 75.4 Å². The normalized spacial score (nSPS) is 10.5. The second-order valence-electron chi connectivity index (χ2n) is 2.37. The zero-order valence-electron chi connectivity index (χ0n) is 8.45. The van der Waals surface area contributed by atoms with Crippen molar-refractivity contribution in [3.8, 4) is 0 Å². The van der Waals surface area contributed by atoms with Gasteiger partial charge < -0.3 is 14.2 Å². The van der Waals surface area contributed by atoms with Crippen LogP contribution in [0.1, 0.15) is 0 Å². The van der Waals surface area contributed by atoms with Gasteiger partial charge in [-0.1, -0.05) is 0 Å². The van der Waals surface area contributed by atoms with Gasteiger partial charge in [-0.3, -0.25) is 9.59 Å². The van der Waals surface area contributed by atoms with E-state index in [1.165, 1.54) is 0 Å².